The molecule has 0 radical (unpaired) electrons. The molecule has 1 aromatic carbocycles. The molecule has 3 heteroatoms. The second kappa shape index (κ2) is 6.31. The van der Waals surface area contributed by atoms with Crippen LogP contribution in [0.1, 0.15) is 47.8 Å². The fourth-order valence-corrected chi connectivity index (χ4v) is 2.21. The van der Waals surface area contributed by atoms with Crippen LogP contribution in [-0.2, 0) is 5.41 Å². The second-order valence-corrected chi connectivity index (χ2v) is 6.06. The van der Waals surface area contributed by atoms with Gasteiger partial charge in [0.2, 0.25) is 0 Å². The van der Waals surface area contributed by atoms with Crippen molar-refractivity contribution >= 4 is 5.78 Å². The van der Waals surface area contributed by atoms with E-state index >= 15 is 0 Å². The molecule has 1 aromatic rings. The van der Waals surface area contributed by atoms with E-state index in [4.69, 9.17) is 5.11 Å². The summed E-state index contributed by atoms with van der Waals surface area (Å²) in [5, 5.41) is 11.6. The maximum atomic E-state index is 12.2. The SMILES string of the molecule is Cc1cc(C(C)(C)C)cc(C)c1C(=O)CNCCO. The first-order valence-corrected chi connectivity index (χ1v) is 6.74. The molecule has 0 spiro atoms. The summed E-state index contributed by atoms with van der Waals surface area (Å²) in [6, 6.07) is 4.21. The Labute approximate surface area is 116 Å². The minimum Gasteiger partial charge on any atom is -0.395 e. The van der Waals surface area contributed by atoms with E-state index < -0.39 is 0 Å². The lowest BCUT2D eigenvalue weighted by Gasteiger charge is -2.22. The molecule has 0 bridgehead atoms. The third-order valence-electron chi connectivity index (χ3n) is 3.25. The normalized spacial score (nSPS) is 11.7. The number of aryl methyl sites for hydroxylation is 2. The second-order valence-electron chi connectivity index (χ2n) is 6.06. The van der Waals surface area contributed by atoms with Gasteiger partial charge >= 0.3 is 0 Å². The lowest BCUT2D eigenvalue weighted by atomic mass is 9.83. The minimum atomic E-state index is 0.0498. The monoisotopic (exact) mass is 263 g/mol. The molecule has 0 fully saturated rings. The average Bonchev–Trinajstić information content (AvgIpc) is 2.27. The maximum Gasteiger partial charge on any atom is 0.177 e. The number of ketones is 1. The Hall–Kier alpha value is -1.19. The zero-order chi connectivity index (χ0) is 14.6. The van der Waals surface area contributed by atoms with Crippen LogP contribution in [0, 0.1) is 13.8 Å². The smallest absolute Gasteiger partial charge is 0.177 e. The van der Waals surface area contributed by atoms with Gasteiger partial charge in [-0.2, -0.15) is 0 Å². The number of carbonyl (C=O) groups is 1. The maximum absolute atomic E-state index is 12.2. The van der Waals surface area contributed by atoms with E-state index in [0.29, 0.717) is 6.54 Å². The molecular weight excluding hydrogens is 238 g/mol. The van der Waals surface area contributed by atoms with Gasteiger partial charge in [-0.05, 0) is 36.0 Å². The summed E-state index contributed by atoms with van der Waals surface area (Å²) in [6.45, 7) is 11.3. The molecule has 0 aliphatic carbocycles. The molecular formula is C16H25NO2. The fraction of sp³-hybridized carbons (Fsp3) is 0.562. The number of benzene rings is 1. The topological polar surface area (TPSA) is 49.3 Å². The average molecular weight is 263 g/mol. The molecule has 19 heavy (non-hydrogen) atoms. The van der Waals surface area contributed by atoms with Crippen LogP contribution < -0.4 is 5.32 Å². The van der Waals surface area contributed by atoms with Crippen LogP contribution in [-0.4, -0.2) is 30.6 Å². The predicted molar refractivity (Wildman–Crippen MR) is 78.9 cm³/mol. The van der Waals surface area contributed by atoms with Crippen LogP contribution in [0.2, 0.25) is 0 Å². The van der Waals surface area contributed by atoms with E-state index in [1.54, 1.807) is 0 Å². The molecule has 0 aliphatic rings. The summed E-state index contributed by atoms with van der Waals surface area (Å²) in [5.41, 5.74) is 4.20. The van der Waals surface area contributed by atoms with Crippen molar-refractivity contribution in [1.82, 2.24) is 5.32 Å². The molecule has 0 saturated carbocycles. The van der Waals surface area contributed by atoms with Crippen molar-refractivity contribution in [1.29, 1.82) is 0 Å². The quantitative estimate of drug-likeness (QED) is 0.633. The molecule has 0 amide bonds. The Bertz CT molecular complexity index is 435. The largest absolute Gasteiger partial charge is 0.395 e. The Morgan fingerprint density at radius 3 is 2.16 bits per heavy atom. The van der Waals surface area contributed by atoms with Crippen LogP contribution in [0.5, 0.6) is 0 Å². The molecule has 0 aliphatic heterocycles. The van der Waals surface area contributed by atoms with Gasteiger partial charge in [-0.15, -0.1) is 0 Å². The third-order valence-corrected chi connectivity index (χ3v) is 3.25. The van der Waals surface area contributed by atoms with Crippen molar-refractivity contribution in [2.75, 3.05) is 19.7 Å². The van der Waals surface area contributed by atoms with Crippen LogP contribution in [0.4, 0.5) is 0 Å². The Morgan fingerprint density at radius 2 is 1.74 bits per heavy atom. The highest BCUT2D eigenvalue weighted by atomic mass is 16.3. The summed E-state index contributed by atoms with van der Waals surface area (Å²) in [4.78, 5) is 12.2. The summed E-state index contributed by atoms with van der Waals surface area (Å²) in [6.07, 6.45) is 0. The predicted octanol–water partition coefficient (Wildman–Crippen LogP) is 2.37. The standard InChI is InChI=1S/C16H25NO2/c1-11-8-13(16(3,4)5)9-12(2)15(11)14(19)10-17-6-7-18/h8-9,17-18H,6-7,10H2,1-5H3. The molecule has 106 valence electrons. The highest BCUT2D eigenvalue weighted by molar-refractivity contribution is 6.00. The summed E-state index contributed by atoms with van der Waals surface area (Å²) in [5.74, 6) is 0.0870. The minimum absolute atomic E-state index is 0.0498. The van der Waals surface area contributed by atoms with Crippen LogP contribution >= 0.6 is 0 Å². The molecule has 0 unspecified atom stereocenters. The summed E-state index contributed by atoms with van der Waals surface area (Å²) < 4.78 is 0. The van der Waals surface area contributed by atoms with Gasteiger partial charge in [0, 0.05) is 12.1 Å². The first-order chi connectivity index (χ1) is 8.77. The van der Waals surface area contributed by atoms with Gasteiger partial charge in [0.15, 0.2) is 5.78 Å². The van der Waals surface area contributed by atoms with Gasteiger partial charge in [0.05, 0.1) is 13.2 Å². The van der Waals surface area contributed by atoms with E-state index in [2.05, 4.69) is 38.2 Å². The van der Waals surface area contributed by atoms with Gasteiger partial charge in [-0.1, -0.05) is 32.9 Å². The van der Waals surface area contributed by atoms with E-state index in [1.807, 2.05) is 13.8 Å². The fourth-order valence-electron chi connectivity index (χ4n) is 2.21. The van der Waals surface area contributed by atoms with Gasteiger partial charge in [-0.25, -0.2) is 0 Å². The van der Waals surface area contributed by atoms with E-state index in [-0.39, 0.29) is 24.3 Å². The molecule has 0 heterocycles. The molecule has 0 atom stereocenters. The molecule has 3 nitrogen and oxygen atoms in total. The first kappa shape index (κ1) is 15.9. The molecule has 2 N–H and O–H groups in total. The lowest BCUT2D eigenvalue weighted by molar-refractivity contribution is 0.0988. The van der Waals surface area contributed by atoms with Crippen molar-refractivity contribution in [2.24, 2.45) is 0 Å². The number of hydrogen-bond acceptors (Lipinski definition) is 3. The van der Waals surface area contributed by atoms with Crippen LogP contribution in [0.3, 0.4) is 0 Å². The number of hydrogen-bond donors (Lipinski definition) is 2. The van der Waals surface area contributed by atoms with Gasteiger partial charge in [0.25, 0.3) is 0 Å². The highest BCUT2D eigenvalue weighted by Gasteiger charge is 2.18. The van der Waals surface area contributed by atoms with Crippen molar-refractivity contribution in [3.63, 3.8) is 0 Å². The molecule has 1 rings (SSSR count). The van der Waals surface area contributed by atoms with Gasteiger partial charge in [0.1, 0.15) is 0 Å². The van der Waals surface area contributed by atoms with Crippen molar-refractivity contribution in [3.05, 3.63) is 34.4 Å². The third kappa shape index (κ3) is 4.15. The van der Waals surface area contributed by atoms with Crippen molar-refractivity contribution in [3.8, 4) is 0 Å². The van der Waals surface area contributed by atoms with Gasteiger partial charge in [-0.3, -0.25) is 4.79 Å². The summed E-state index contributed by atoms with van der Waals surface area (Å²) >= 11 is 0. The van der Waals surface area contributed by atoms with Crippen LogP contribution in [0.25, 0.3) is 0 Å². The van der Waals surface area contributed by atoms with Crippen LogP contribution in [0.15, 0.2) is 12.1 Å². The van der Waals surface area contributed by atoms with E-state index in [1.165, 1.54) is 5.56 Å². The number of carbonyl (C=O) groups excluding carboxylic acids is 1. The summed E-state index contributed by atoms with van der Waals surface area (Å²) in [7, 11) is 0. The number of Topliss-reactive ketones (excluding diaryl/α,β-unsaturated/α-hetero) is 1. The Balaban J connectivity index is 3.00. The lowest BCUT2D eigenvalue weighted by Crippen LogP contribution is -2.27. The number of aliphatic hydroxyl groups is 1. The molecule has 0 saturated heterocycles. The first-order valence-electron chi connectivity index (χ1n) is 6.74. The highest BCUT2D eigenvalue weighted by Crippen LogP contribution is 2.27. The zero-order valence-electron chi connectivity index (χ0n) is 12.6. The zero-order valence-corrected chi connectivity index (χ0v) is 12.6. The Kier molecular flexibility index (Phi) is 5.27. The van der Waals surface area contributed by atoms with E-state index in [9.17, 15) is 4.79 Å². The van der Waals surface area contributed by atoms with Gasteiger partial charge < -0.3 is 10.4 Å². The van der Waals surface area contributed by atoms with Crippen molar-refractivity contribution < 1.29 is 9.90 Å². The van der Waals surface area contributed by atoms with Crippen molar-refractivity contribution in [2.45, 2.75) is 40.0 Å². The Morgan fingerprint density at radius 1 is 1.21 bits per heavy atom. The number of nitrogens with one attached hydrogen (secondary N) is 1. The number of aliphatic hydroxyl groups excluding tert-OH is 1. The van der Waals surface area contributed by atoms with E-state index in [0.717, 1.165) is 16.7 Å². The molecule has 0 aromatic heterocycles. The number of rotatable bonds is 5.